The lowest BCUT2D eigenvalue weighted by atomic mass is 9.48. The summed E-state index contributed by atoms with van der Waals surface area (Å²) >= 11 is 0. The predicted octanol–water partition coefficient (Wildman–Crippen LogP) is 4.01. The molecule has 4 fully saturated rings. The van der Waals surface area contributed by atoms with Gasteiger partial charge in [-0.05, 0) is 74.3 Å². The number of hydrogen-bond donors (Lipinski definition) is 2. The van der Waals surface area contributed by atoms with Gasteiger partial charge in [-0.15, -0.1) is 0 Å². The summed E-state index contributed by atoms with van der Waals surface area (Å²) in [5.74, 6) is 0.551. The van der Waals surface area contributed by atoms with Crippen LogP contribution in [0.25, 0.3) is 0 Å². The molecule has 1 amide bonds. The van der Waals surface area contributed by atoms with Crippen LogP contribution in [0.3, 0.4) is 0 Å². The largest absolute Gasteiger partial charge is 0.455 e. The molecule has 5 heteroatoms. The van der Waals surface area contributed by atoms with Crippen LogP contribution in [0.2, 0.25) is 0 Å². The van der Waals surface area contributed by atoms with Crippen molar-refractivity contribution in [2.45, 2.75) is 70.3 Å². The van der Waals surface area contributed by atoms with E-state index in [9.17, 15) is 14.7 Å². The molecule has 0 saturated heterocycles. The van der Waals surface area contributed by atoms with Gasteiger partial charge in [0.15, 0.2) is 6.61 Å². The van der Waals surface area contributed by atoms with Crippen LogP contribution < -0.4 is 5.32 Å². The highest BCUT2D eigenvalue weighted by Crippen LogP contribution is 2.61. The molecule has 4 saturated carbocycles. The van der Waals surface area contributed by atoms with Gasteiger partial charge in [0.05, 0.1) is 11.0 Å². The number of carbonyl (C=O) groups is 2. The number of carbonyl (C=O) groups excluding carboxylic acids is 2. The van der Waals surface area contributed by atoms with E-state index in [0.29, 0.717) is 24.2 Å². The second-order valence-corrected chi connectivity index (χ2v) is 9.49. The van der Waals surface area contributed by atoms with Gasteiger partial charge >= 0.3 is 5.97 Å². The Labute approximate surface area is 166 Å². The van der Waals surface area contributed by atoms with Crippen LogP contribution in [0.4, 0.5) is 5.69 Å². The molecule has 0 heterocycles. The van der Waals surface area contributed by atoms with Gasteiger partial charge in [-0.1, -0.05) is 32.0 Å². The maximum atomic E-state index is 12.9. The van der Waals surface area contributed by atoms with Crippen LogP contribution in [-0.4, -0.2) is 29.2 Å². The minimum absolute atomic E-state index is 0.275. The summed E-state index contributed by atoms with van der Waals surface area (Å²) in [4.78, 5) is 25.3. The van der Waals surface area contributed by atoms with E-state index in [2.05, 4.69) is 19.2 Å². The third-order valence-corrected chi connectivity index (χ3v) is 7.18. The molecule has 1 aromatic carbocycles. The first kappa shape index (κ1) is 19.4. The molecule has 4 aliphatic carbocycles. The Morgan fingerprint density at radius 3 is 2.54 bits per heavy atom. The maximum absolute atomic E-state index is 12.9. The first-order valence-electron chi connectivity index (χ1n) is 10.6. The third kappa shape index (κ3) is 3.57. The average molecular weight is 386 g/mol. The second-order valence-electron chi connectivity index (χ2n) is 9.49. The molecule has 0 aromatic heterocycles. The minimum atomic E-state index is -0.708. The number of hydrogen-bond acceptors (Lipinski definition) is 4. The molecule has 5 rings (SSSR count). The summed E-state index contributed by atoms with van der Waals surface area (Å²) in [5.41, 5.74) is 0.573. The summed E-state index contributed by atoms with van der Waals surface area (Å²) in [5, 5.41) is 13.7. The minimum Gasteiger partial charge on any atom is -0.455 e. The number of anilines is 1. The SMILES string of the molecule is CC[C@@H](C)c1ccccc1NC(=O)COC(=O)C12C[C@@H]3C[C@@H](CC(O)(C3)C1)C2. The van der Waals surface area contributed by atoms with Gasteiger partial charge in [-0.25, -0.2) is 0 Å². The molecule has 0 aliphatic heterocycles. The third-order valence-electron chi connectivity index (χ3n) is 7.18. The molecular weight excluding hydrogens is 354 g/mol. The van der Waals surface area contributed by atoms with Crippen molar-refractivity contribution in [1.29, 1.82) is 0 Å². The maximum Gasteiger partial charge on any atom is 0.312 e. The van der Waals surface area contributed by atoms with Crippen molar-refractivity contribution in [3.05, 3.63) is 29.8 Å². The average Bonchev–Trinajstić information content (AvgIpc) is 2.64. The standard InChI is InChI=1S/C23H31NO4/c1-3-15(2)18-6-4-5-7-19(18)24-20(25)13-28-21(26)22-9-16-8-17(10-22)12-23(27,11-16)14-22/h4-7,15-17,27H,3,8-14H2,1-2H3,(H,24,25)/t15-,16-,17+,22?,23?/m1/s1. The van der Waals surface area contributed by atoms with Gasteiger partial charge in [0, 0.05) is 5.69 Å². The van der Waals surface area contributed by atoms with E-state index in [1.54, 1.807) is 0 Å². The van der Waals surface area contributed by atoms with Gasteiger partial charge in [-0.3, -0.25) is 9.59 Å². The molecule has 28 heavy (non-hydrogen) atoms. The van der Waals surface area contributed by atoms with E-state index >= 15 is 0 Å². The Bertz CT molecular complexity index is 760. The van der Waals surface area contributed by atoms with E-state index in [0.717, 1.165) is 49.8 Å². The first-order valence-corrected chi connectivity index (χ1v) is 10.6. The highest BCUT2D eigenvalue weighted by atomic mass is 16.5. The van der Waals surface area contributed by atoms with Crippen molar-refractivity contribution in [3.63, 3.8) is 0 Å². The Morgan fingerprint density at radius 1 is 1.21 bits per heavy atom. The van der Waals surface area contributed by atoms with E-state index in [1.807, 2.05) is 24.3 Å². The van der Waals surface area contributed by atoms with Crippen LogP contribution in [-0.2, 0) is 14.3 Å². The number of nitrogens with one attached hydrogen (secondary N) is 1. The number of benzene rings is 1. The van der Waals surface area contributed by atoms with E-state index in [-0.39, 0.29) is 18.5 Å². The normalized spacial score (nSPS) is 34.1. The number of amides is 1. The zero-order valence-corrected chi connectivity index (χ0v) is 16.9. The first-order chi connectivity index (χ1) is 13.3. The van der Waals surface area contributed by atoms with Gasteiger partial charge in [0.1, 0.15) is 0 Å². The Kier molecular flexibility index (Phi) is 4.98. The fourth-order valence-electron chi connectivity index (χ4n) is 6.18. The van der Waals surface area contributed by atoms with Crippen LogP contribution in [0.5, 0.6) is 0 Å². The van der Waals surface area contributed by atoms with Crippen molar-refractivity contribution < 1.29 is 19.4 Å². The number of esters is 1. The monoisotopic (exact) mass is 385 g/mol. The van der Waals surface area contributed by atoms with Crippen molar-refractivity contribution in [1.82, 2.24) is 0 Å². The molecule has 2 unspecified atom stereocenters. The Balaban J connectivity index is 1.38. The molecular formula is C23H31NO4. The van der Waals surface area contributed by atoms with E-state index in [1.165, 1.54) is 0 Å². The molecule has 0 spiro atoms. The second kappa shape index (κ2) is 7.18. The number of rotatable bonds is 6. The molecule has 5 atom stereocenters. The van der Waals surface area contributed by atoms with Crippen molar-refractivity contribution in [3.8, 4) is 0 Å². The summed E-state index contributed by atoms with van der Waals surface area (Å²) in [6, 6.07) is 7.76. The topological polar surface area (TPSA) is 75.6 Å². The fraction of sp³-hybridized carbons (Fsp3) is 0.652. The molecule has 152 valence electrons. The van der Waals surface area contributed by atoms with Crippen LogP contribution >= 0.6 is 0 Å². The summed E-state index contributed by atoms with van der Waals surface area (Å²) < 4.78 is 5.47. The van der Waals surface area contributed by atoms with Gasteiger partial charge in [-0.2, -0.15) is 0 Å². The molecule has 0 radical (unpaired) electrons. The van der Waals surface area contributed by atoms with Crippen LogP contribution in [0.1, 0.15) is 70.3 Å². The summed E-state index contributed by atoms with van der Waals surface area (Å²) in [6.07, 6.45) is 5.80. The Morgan fingerprint density at radius 2 is 1.89 bits per heavy atom. The number of aliphatic hydroxyl groups is 1. The van der Waals surface area contributed by atoms with Gasteiger partial charge in [0.25, 0.3) is 5.91 Å². The van der Waals surface area contributed by atoms with Crippen molar-refractivity contribution in [2.75, 3.05) is 11.9 Å². The zero-order valence-electron chi connectivity index (χ0n) is 16.9. The highest BCUT2D eigenvalue weighted by molar-refractivity contribution is 5.94. The van der Waals surface area contributed by atoms with E-state index < -0.39 is 11.0 Å². The Hall–Kier alpha value is -1.88. The molecule has 2 N–H and O–H groups in total. The summed E-state index contributed by atoms with van der Waals surface area (Å²) in [7, 11) is 0. The van der Waals surface area contributed by atoms with Gasteiger partial charge < -0.3 is 15.2 Å². The number of para-hydroxylation sites is 1. The lowest BCUT2D eigenvalue weighted by Gasteiger charge is -2.58. The van der Waals surface area contributed by atoms with Crippen LogP contribution in [0.15, 0.2) is 24.3 Å². The quantitative estimate of drug-likeness (QED) is 0.726. The lowest BCUT2D eigenvalue weighted by molar-refractivity contribution is -0.196. The van der Waals surface area contributed by atoms with Crippen molar-refractivity contribution in [2.24, 2.45) is 17.3 Å². The lowest BCUT2D eigenvalue weighted by Crippen LogP contribution is -2.58. The van der Waals surface area contributed by atoms with Crippen LogP contribution in [0, 0.1) is 17.3 Å². The highest BCUT2D eigenvalue weighted by Gasteiger charge is 2.60. The summed E-state index contributed by atoms with van der Waals surface area (Å²) in [6.45, 7) is 3.97. The fourth-order valence-corrected chi connectivity index (χ4v) is 6.18. The molecule has 4 aliphatic rings. The van der Waals surface area contributed by atoms with Gasteiger partial charge in [0.2, 0.25) is 0 Å². The number of ether oxygens (including phenoxy) is 1. The van der Waals surface area contributed by atoms with Crippen molar-refractivity contribution >= 4 is 17.6 Å². The molecule has 5 nitrogen and oxygen atoms in total. The zero-order chi connectivity index (χ0) is 19.9. The predicted molar refractivity (Wildman–Crippen MR) is 107 cm³/mol. The van der Waals surface area contributed by atoms with E-state index in [4.69, 9.17) is 4.74 Å². The molecule has 4 bridgehead atoms. The molecule has 1 aromatic rings. The smallest absolute Gasteiger partial charge is 0.312 e.